The molecule has 0 bridgehead atoms. The molecular weight excluding hydrogens is 452 g/mol. The zero-order chi connectivity index (χ0) is 23.3. The highest BCUT2D eigenvalue weighted by atomic mass is 35.5. The fourth-order valence-electron chi connectivity index (χ4n) is 3.64. The quantitative estimate of drug-likeness (QED) is 0.237. The van der Waals surface area contributed by atoms with Gasteiger partial charge in [-0.25, -0.2) is 4.98 Å². The number of fused-ring (bicyclic) bond motifs is 1. The Hall–Kier alpha value is -3.75. The van der Waals surface area contributed by atoms with Gasteiger partial charge in [0.25, 0.3) is 0 Å². The normalized spacial score (nSPS) is 14.0. The topological polar surface area (TPSA) is 84.8 Å². The molecule has 0 radical (unpaired) electrons. The molecule has 34 heavy (non-hydrogen) atoms. The first-order valence-corrected chi connectivity index (χ1v) is 11.3. The van der Waals surface area contributed by atoms with E-state index in [4.69, 9.17) is 21.1 Å². The van der Waals surface area contributed by atoms with Crippen LogP contribution >= 0.6 is 11.6 Å². The molecule has 0 aliphatic carbocycles. The Morgan fingerprint density at radius 2 is 1.91 bits per heavy atom. The average molecular weight is 475 g/mol. The van der Waals surface area contributed by atoms with E-state index in [1.807, 2.05) is 55.5 Å². The first-order chi connectivity index (χ1) is 16.6. The van der Waals surface area contributed by atoms with Crippen LogP contribution < -0.4 is 15.1 Å². The third kappa shape index (κ3) is 5.41. The van der Waals surface area contributed by atoms with Gasteiger partial charge in [0.1, 0.15) is 16.7 Å². The Morgan fingerprint density at radius 3 is 2.76 bits per heavy atom. The largest absolute Gasteiger partial charge is 0.424 e. The zero-order valence-electron chi connectivity index (χ0n) is 18.6. The highest BCUT2D eigenvalue weighted by molar-refractivity contribution is 6.29. The molecule has 1 fully saturated rings. The molecule has 3 heterocycles. The van der Waals surface area contributed by atoms with Gasteiger partial charge in [0.05, 0.1) is 24.9 Å². The summed E-state index contributed by atoms with van der Waals surface area (Å²) < 4.78 is 11.5. The molecular formula is C25H23ClN6O2. The molecule has 5 rings (SSSR count). The van der Waals surface area contributed by atoms with Crippen molar-refractivity contribution in [3.8, 4) is 11.8 Å². The van der Waals surface area contributed by atoms with Crippen molar-refractivity contribution in [2.24, 2.45) is 5.10 Å². The van der Waals surface area contributed by atoms with E-state index in [2.05, 4.69) is 36.4 Å². The van der Waals surface area contributed by atoms with Crippen molar-refractivity contribution >= 4 is 40.4 Å². The average Bonchev–Trinajstić information content (AvgIpc) is 2.85. The van der Waals surface area contributed by atoms with Crippen LogP contribution in [0.1, 0.15) is 11.1 Å². The fraction of sp³-hybridized carbons (Fsp3) is 0.200. The Labute approximate surface area is 202 Å². The number of benzene rings is 2. The molecule has 172 valence electrons. The second-order valence-corrected chi connectivity index (χ2v) is 8.26. The minimum atomic E-state index is 0.221. The highest BCUT2D eigenvalue weighted by Gasteiger charge is 2.16. The Balaban J connectivity index is 1.41. The van der Waals surface area contributed by atoms with Crippen LogP contribution in [0, 0.1) is 6.92 Å². The van der Waals surface area contributed by atoms with Crippen LogP contribution in [0.2, 0.25) is 5.15 Å². The van der Waals surface area contributed by atoms with Gasteiger partial charge in [0, 0.05) is 24.5 Å². The lowest BCUT2D eigenvalue weighted by molar-refractivity contribution is 0.122. The van der Waals surface area contributed by atoms with Crippen molar-refractivity contribution in [3.05, 3.63) is 76.9 Å². The zero-order valence-corrected chi connectivity index (χ0v) is 19.4. The third-order valence-corrected chi connectivity index (χ3v) is 5.51. The molecule has 2 aromatic heterocycles. The van der Waals surface area contributed by atoms with E-state index in [0.717, 1.165) is 35.4 Å². The van der Waals surface area contributed by atoms with Gasteiger partial charge >= 0.3 is 6.01 Å². The Kier molecular flexibility index (Phi) is 6.51. The second kappa shape index (κ2) is 10.0. The number of anilines is 2. The number of ether oxygens (including phenoxy) is 2. The smallest absolute Gasteiger partial charge is 0.325 e. The predicted octanol–water partition coefficient (Wildman–Crippen LogP) is 5.06. The van der Waals surface area contributed by atoms with Gasteiger partial charge in [0.15, 0.2) is 5.82 Å². The fourth-order valence-corrected chi connectivity index (χ4v) is 3.80. The molecule has 4 aromatic rings. The summed E-state index contributed by atoms with van der Waals surface area (Å²) in [6, 6.07) is 19.4. The number of hydrogen-bond donors (Lipinski definition) is 1. The number of halogens is 1. The maximum Gasteiger partial charge on any atom is 0.325 e. The third-order valence-electron chi connectivity index (χ3n) is 5.30. The number of aryl methyl sites for hydroxylation is 1. The number of morpholine rings is 1. The number of nitrogens with zero attached hydrogens (tertiary/aromatic N) is 5. The molecule has 0 amide bonds. The molecule has 0 saturated carbocycles. The Morgan fingerprint density at radius 1 is 1.03 bits per heavy atom. The number of hydrazone groups is 1. The van der Waals surface area contributed by atoms with Crippen LogP contribution in [-0.4, -0.2) is 47.5 Å². The van der Waals surface area contributed by atoms with Crippen LogP contribution in [0.4, 0.5) is 11.6 Å². The molecule has 1 N–H and O–H groups in total. The summed E-state index contributed by atoms with van der Waals surface area (Å²) >= 11 is 5.99. The maximum absolute atomic E-state index is 6.04. The van der Waals surface area contributed by atoms with Gasteiger partial charge in [-0.2, -0.15) is 15.1 Å². The highest BCUT2D eigenvalue weighted by Crippen LogP contribution is 2.27. The lowest BCUT2D eigenvalue weighted by atomic mass is 10.2. The molecule has 8 nitrogen and oxygen atoms in total. The first kappa shape index (κ1) is 22.1. The summed E-state index contributed by atoms with van der Waals surface area (Å²) in [5, 5.41) is 5.71. The molecule has 0 atom stereocenters. The van der Waals surface area contributed by atoms with E-state index >= 15 is 0 Å². The van der Waals surface area contributed by atoms with Gasteiger partial charge in [-0.1, -0.05) is 41.4 Å². The molecule has 0 unspecified atom stereocenters. The summed E-state index contributed by atoms with van der Waals surface area (Å²) in [5.74, 6) is 1.88. The SMILES string of the molecule is Cc1cccc(/C=N/Nc2cc(N3CCOCC3)nc(Oc3ccc4nc(Cl)ccc4c3)n2)c1. The van der Waals surface area contributed by atoms with Gasteiger partial charge < -0.3 is 14.4 Å². The Bertz CT molecular complexity index is 1340. The standard InChI is InChI=1S/C25H23ClN6O2/c1-17-3-2-4-18(13-17)16-27-31-23-15-24(32-9-11-33-12-10-32)30-25(29-23)34-20-6-7-21-19(14-20)5-8-22(26)28-21/h2-8,13-16H,9-12H2,1H3,(H,29,30,31)/b27-16+. The summed E-state index contributed by atoms with van der Waals surface area (Å²) in [6.45, 7) is 4.82. The molecule has 1 aliphatic heterocycles. The maximum atomic E-state index is 6.04. The van der Waals surface area contributed by atoms with Crippen molar-refractivity contribution in [1.82, 2.24) is 15.0 Å². The van der Waals surface area contributed by atoms with E-state index in [9.17, 15) is 0 Å². The predicted molar refractivity (Wildman–Crippen MR) is 134 cm³/mol. The van der Waals surface area contributed by atoms with Crippen molar-refractivity contribution in [2.75, 3.05) is 36.6 Å². The summed E-state index contributed by atoms with van der Waals surface area (Å²) in [6.07, 6.45) is 1.76. The van der Waals surface area contributed by atoms with E-state index in [-0.39, 0.29) is 6.01 Å². The van der Waals surface area contributed by atoms with Crippen LogP contribution in [-0.2, 0) is 4.74 Å². The van der Waals surface area contributed by atoms with Crippen molar-refractivity contribution < 1.29 is 9.47 Å². The van der Waals surface area contributed by atoms with Crippen molar-refractivity contribution in [1.29, 1.82) is 0 Å². The van der Waals surface area contributed by atoms with Crippen LogP contribution in [0.15, 0.2) is 65.8 Å². The number of nitrogens with one attached hydrogen (secondary N) is 1. The lowest BCUT2D eigenvalue weighted by Gasteiger charge is -2.28. The number of aromatic nitrogens is 3. The summed E-state index contributed by atoms with van der Waals surface area (Å²) in [7, 11) is 0. The number of hydrogen-bond acceptors (Lipinski definition) is 8. The molecule has 1 aliphatic rings. The van der Waals surface area contributed by atoms with Gasteiger partial charge in [-0.05, 0) is 42.8 Å². The molecule has 9 heteroatoms. The minimum Gasteiger partial charge on any atom is -0.424 e. The molecule has 2 aromatic carbocycles. The summed E-state index contributed by atoms with van der Waals surface area (Å²) in [4.78, 5) is 15.6. The first-order valence-electron chi connectivity index (χ1n) is 10.9. The molecule has 0 spiro atoms. The van der Waals surface area contributed by atoms with E-state index in [0.29, 0.717) is 29.9 Å². The van der Waals surface area contributed by atoms with Gasteiger partial charge in [0.2, 0.25) is 0 Å². The van der Waals surface area contributed by atoms with Crippen LogP contribution in [0.5, 0.6) is 11.8 Å². The van der Waals surface area contributed by atoms with Gasteiger partial charge in [-0.15, -0.1) is 0 Å². The second-order valence-electron chi connectivity index (χ2n) is 7.87. The van der Waals surface area contributed by atoms with Crippen LogP contribution in [0.3, 0.4) is 0 Å². The van der Waals surface area contributed by atoms with E-state index in [1.54, 1.807) is 12.3 Å². The van der Waals surface area contributed by atoms with Crippen molar-refractivity contribution in [2.45, 2.75) is 6.92 Å². The van der Waals surface area contributed by atoms with Crippen LogP contribution in [0.25, 0.3) is 10.9 Å². The number of rotatable bonds is 6. The lowest BCUT2D eigenvalue weighted by Crippen LogP contribution is -2.36. The summed E-state index contributed by atoms with van der Waals surface area (Å²) in [5.41, 5.74) is 5.96. The minimum absolute atomic E-state index is 0.221. The monoisotopic (exact) mass is 474 g/mol. The van der Waals surface area contributed by atoms with Crippen molar-refractivity contribution in [3.63, 3.8) is 0 Å². The van der Waals surface area contributed by atoms with E-state index in [1.165, 1.54) is 5.56 Å². The molecule has 1 saturated heterocycles. The number of pyridine rings is 1. The van der Waals surface area contributed by atoms with E-state index < -0.39 is 0 Å². The van der Waals surface area contributed by atoms with Gasteiger partial charge in [-0.3, -0.25) is 5.43 Å².